The smallest absolute Gasteiger partial charge is 0.303 e. The molecule has 3 heterocycles. The Morgan fingerprint density at radius 3 is 2.63 bits per heavy atom. The quantitative estimate of drug-likeness (QED) is 0.625. The lowest BCUT2D eigenvalue weighted by atomic mass is 10.1. The number of pyridine rings is 1. The van der Waals surface area contributed by atoms with Crippen LogP contribution in [0.4, 0.5) is 26.1 Å². The van der Waals surface area contributed by atoms with Gasteiger partial charge in [0.2, 0.25) is 17.6 Å². The van der Waals surface area contributed by atoms with Gasteiger partial charge in [0.15, 0.2) is 0 Å². The molecule has 0 saturated carbocycles. The second kappa shape index (κ2) is 8.31. The highest BCUT2D eigenvalue weighted by Gasteiger charge is 2.29. The Kier molecular flexibility index (Phi) is 4.75. The number of amides is 1. The number of halogens is 2. The van der Waals surface area contributed by atoms with E-state index in [0.717, 1.165) is 0 Å². The Balaban J connectivity index is 2.06. The molecule has 2 N–H and O–H groups in total. The number of aromatic nitrogens is 5. The van der Waals surface area contributed by atoms with E-state index >= 15 is 0 Å². The first-order valence-corrected chi connectivity index (χ1v) is 8.57. The van der Waals surface area contributed by atoms with Crippen LogP contribution in [0.2, 0.25) is 0 Å². The molecule has 1 amide bonds. The van der Waals surface area contributed by atoms with E-state index in [1.807, 2.05) is 0 Å². The van der Waals surface area contributed by atoms with Crippen LogP contribution in [0, 0.1) is 6.92 Å². The molecule has 0 aromatic carbocycles. The number of alkyl halides is 2. The third-order valence-electron chi connectivity index (χ3n) is 3.78. The molecule has 156 valence electrons. The summed E-state index contributed by atoms with van der Waals surface area (Å²) in [5, 5.41) is 13.0. The molecule has 3 aromatic heterocycles. The summed E-state index contributed by atoms with van der Waals surface area (Å²) in [6.07, 6.45) is 1.32. The van der Waals surface area contributed by atoms with Crippen LogP contribution in [0.1, 0.15) is 29.4 Å². The number of methoxy groups -OCH3 is 1. The van der Waals surface area contributed by atoms with Crippen molar-refractivity contribution in [2.45, 2.75) is 26.6 Å². The molecule has 0 fully saturated rings. The summed E-state index contributed by atoms with van der Waals surface area (Å²) < 4.78 is 54.2. The van der Waals surface area contributed by atoms with Crippen molar-refractivity contribution in [3.63, 3.8) is 0 Å². The molecule has 3 aromatic rings. The van der Waals surface area contributed by atoms with Crippen molar-refractivity contribution >= 4 is 23.2 Å². The summed E-state index contributed by atoms with van der Waals surface area (Å²) in [7, 11) is 1.43. The zero-order chi connectivity index (χ0) is 24.4. The van der Waals surface area contributed by atoms with Gasteiger partial charge in [-0.15, -0.1) is 10.2 Å². The molecule has 0 radical (unpaired) electrons. The maximum absolute atomic E-state index is 13.8. The van der Waals surface area contributed by atoms with Crippen LogP contribution in [-0.4, -0.2) is 38.2 Å². The van der Waals surface area contributed by atoms with Crippen molar-refractivity contribution in [3.05, 3.63) is 42.0 Å². The largest absolute Gasteiger partial charge is 0.480 e. The highest BCUT2D eigenvalue weighted by atomic mass is 19.3. The zero-order valence-electron chi connectivity index (χ0n) is 19.2. The van der Waals surface area contributed by atoms with E-state index in [9.17, 15) is 13.6 Å². The molecule has 9 nitrogen and oxygen atoms in total. The van der Waals surface area contributed by atoms with Crippen LogP contribution in [0.5, 0.6) is 5.88 Å². The van der Waals surface area contributed by atoms with Gasteiger partial charge in [-0.2, -0.15) is 8.78 Å². The van der Waals surface area contributed by atoms with Gasteiger partial charge < -0.3 is 15.4 Å². The van der Waals surface area contributed by atoms with Crippen molar-refractivity contribution in [1.82, 2.24) is 25.1 Å². The molecule has 0 spiro atoms. The van der Waals surface area contributed by atoms with E-state index in [1.54, 1.807) is 12.1 Å². The Bertz CT molecular complexity index is 1170. The van der Waals surface area contributed by atoms with Gasteiger partial charge in [-0.3, -0.25) is 4.79 Å². The Morgan fingerprint density at radius 2 is 2.00 bits per heavy atom. The number of carbonyl (C=O) groups excluding carboxylic acids is 1. The number of aryl methyl sites for hydroxylation is 1. The van der Waals surface area contributed by atoms with E-state index in [1.165, 1.54) is 32.4 Å². The normalized spacial score (nSPS) is 13.0. The summed E-state index contributed by atoms with van der Waals surface area (Å²) in [6, 6.07) is 5.92. The second-order valence-electron chi connectivity index (χ2n) is 6.26. The summed E-state index contributed by atoms with van der Waals surface area (Å²) in [5.74, 6) is -4.96. The maximum Gasteiger partial charge on any atom is 0.303 e. The van der Waals surface area contributed by atoms with Crippen LogP contribution < -0.4 is 15.4 Å². The number of nitrogens with zero attached hydrogens (tertiary/aromatic N) is 5. The van der Waals surface area contributed by atoms with Crippen molar-refractivity contribution in [2.75, 3.05) is 17.7 Å². The number of hydrogen-bond acceptors (Lipinski definition) is 8. The van der Waals surface area contributed by atoms with E-state index in [-0.39, 0.29) is 23.2 Å². The molecule has 0 aliphatic carbocycles. The molecular weight excluding hydrogens is 396 g/mol. The van der Waals surface area contributed by atoms with Crippen LogP contribution in [-0.2, 0) is 10.7 Å². The van der Waals surface area contributed by atoms with Gasteiger partial charge in [0.05, 0.1) is 18.5 Å². The Hall–Kier alpha value is -3.76. The lowest BCUT2D eigenvalue weighted by molar-refractivity contribution is -0.114. The first-order valence-electron chi connectivity index (χ1n) is 10.1. The lowest BCUT2D eigenvalue weighted by Gasteiger charge is -2.15. The van der Waals surface area contributed by atoms with Gasteiger partial charge in [-0.25, -0.2) is 15.0 Å². The fourth-order valence-electron chi connectivity index (χ4n) is 2.49. The first kappa shape index (κ1) is 17.1. The Labute approximate surface area is 175 Å². The van der Waals surface area contributed by atoms with Gasteiger partial charge >= 0.3 is 5.92 Å². The zero-order valence-corrected chi connectivity index (χ0v) is 16.2. The monoisotopic (exact) mass is 418 g/mol. The minimum Gasteiger partial charge on any atom is -0.480 e. The van der Waals surface area contributed by atoms with Crippen molar-refractivity contribution in [2.24, 2.45) is 0 Å². The topological polar surface area (TPSA) is 115 Å². The molecule has 3 rings (SSSR count). The van der Waals surface area contributed by atoms with E-state index in [2.05, 4.69) is 35.8 Å². The van der Waals surface area contributed by atoms with Crippen LogP contribution in [0.25, 0.3) is 11.3 Å². The highest BCUT2D eigenvalue weighted by molar-refractivity contribution is 5.89. The minimum atomic E-state index is -3.27. The van der Waals surface area contributed by atoms with Crippen molar-refractivity contribution in [1.29, 1.82) is 0 Å². The highest BCUT2D eigenvalue weighted by Crippen LogP contribution is 2.31. The van der Waals surface area contributed by atoms with Crippen LogP contribution >= 0.6 is 0 Å². The first-order chi connectivity index (χ1) is 15.4. The molecule has 0 aliphatic heterocycles. The van der Waals surface area contributed by atoms with Crippen LogP contribution in [0.15, 0.2) is 30.5 Å². The third kappa shape index (κ3) is 4.99. The summed E-state index contributed by atoms with van der Waals surface area (Å²) in [6.45, 7) is -0.675. The molecule has 30 heavy (non-hydrogen) atoms. The molecule has 0 unspecified atom stereocenters. The van der Waals surface area contributed by atoms with E-state index in [0.29, 0.717) is 23.9 Å². The minimum absolute atomic E-state index is 0.0426. The summed E-state index contributed by atoms with van der Waals surface area (Å²) in [4.78, 5) is 23.5. The number of anilines is 3. The summed E-state index contributed by atoms with van der Waals surface area (Å²) >= 11 is 0. The van der Waals surface area contributed by atoms with Crippen molar-refractivity contribution < 1.29 is 22.4 Å². The number of ether oxygens (including phenoxy) is 1. The standard InChI is InChI=1S/C19H19F2N7O2/c1-10-7-16(26-18(23-10)19(3,20)21)25-14-8-15(24-11(2)29)22-9-12(14)13-5-6-17(30-4)28-27-13/h5-9H,1-4H3,(H2,22,23,24,25,26,29)/i2D3. The van der Waals surface area contributed by atoms with Gasteiger partial charge in [0.1, 0.15) is 11.6 Å². The third-order valence-corrected chi connectivity index (χ3v) is 3.78. The molecule has 0 atom stereocenters. The lowest BCUT2D eigenvalue weighted by Crippen LogP contribution is -2.14. The van der Waals surface area contributed by atoms with Gasteiger partial charge in [-0.05, 0) is 13.0 Å². The number of rotatable bonds is 6. The average Bonchev–Trinajstić information content (AvgIpc) is 2.72. The SMILES string of the molecule is [2H]C([2H])([2H])C(=O)Nc1cc(Nc2cc(C)nc(C(C)(F)F)n2)c(-c2ccc(OC)nn2)cn1. The number of carbonyl (C=O) groups is 1. The molecule has 0 saturated heterocycles. The maximum atomic E-state index is 13.8. The molecular formula is C19H19F2N7O2. The van der Waals surface area contributed by atoms with Crippen molar-refractivity contribution in [3.8, 4) is 17.1 Å². The number of hydrogen-bond donors (Lipinski definition) is 2. The van der Waals surface area contributed by atoms with E-state index < -0.39 is 24.5 Å². The summed E-state index contributed by atoms with van der Waals surface area (Å²) in [5.41, 5.74) is 1.25. The predicted molar refractivity (Wildman–Crippen MR) is 106 cm³/mol. The fraction of sp³-hybridized carbons (Fsp3) is 0.263. The van der Waals surface area contributed by atoms with Crippen LogP contribution in [0.3, 0.4) is 0 Å². The molecule has 0 bridgehead atoms. The predicted octanol–water partition coefficient (Wildman–Crippen LogP) is 3.46. The molecule has 11 heteroatoms. The fourth-order valence-corrected chi connectivity index (χ4v) is 2.49. The average molecular weight is 418 g/mol. The Morgan fingerprint density at radius 1 is 1.20 bits per heavy atom. The molecule has 0 aliphatic rings. The van der Waals surface area contributed by atoms with E-state index in [4.69, 9.17) is 8.85 Å². The second-order valence-corrected chi connectivity index (χ2v) is 6.26. The number of nitrogens with one attached hydrogen (secondary N) is 2. The van der Waals surface area contributed by atoms with Gasteiger partial charge in [0.25, 0.3) is 0 Å². The van der Waals surface area contributed by atoms with Gasteiger partial charge in [0, 0.05) is 53.5 Å². The van der Waals surface area contributed by atoms with Gasteiger partial charge in [-0.1, -0.05) is 0 Å².